The quantitative estimate of drug-likeness (QED) is 0.864. The molecule has 0 spiro atoms. The first-order valence-corrected chi connectivity index (χ1v) is 9.59. The van der Waals surface area contributed by atoms with Gasteiger partial charge in [-0.1, -0.05) is 18.9 Å². The van der Waals surface area contributed by atoms with Crippen molar-refractivity contribution in [3.05, 3.63) is 29.8 Å². The molecular formula is C20H29N3O2. The summed E-state index contributed by atoms with van der Waals surface area (Å²) in [4.78, 5) is 26.8. The zero-order valence-electron chi connectivity index (χ0n) is 15.1. The second kappa shape index (κ2) is 8.48. The van der Waals surface area contributed by atoms with Crippen LogP contribution in [-0.4, -0.2) is 42.4 Å². The smallest absolute Gasteiger partial charge is 0.251 e. The number of rotatable bonds is 5. The summed E-state index contributed by atoms with van der Waals surface area (Å²) in [5, 5.41) is 5.74. The topological polar surface area (TPSA) is 61.4 Å². The van der Waals surface area contributed by atoms with Crippen molar-refractivity contribution in [2.24, 2.45) is 5.92 Å². The second-order valence-corrected chi connectivity index (χ2v) is 7.21. The molecule has 1 heterocycles. The van der Waals surface area contributed by atoms with Crippen LogP contribution >= 0.6 is 0 Å². The third-order valence-corrected chi connectivity index (χ3v) is 5.45. The van der Waals surface area contributed by atoms with Crippen molar-refractivity contribution in [2.75, 3.05) is 25.0 Å². The Morgan fingerprint density at radius 1 is 1.16 bits per heavy atom. The molecule has 3 rings (SSSR count). The van der Waals surface area contributed by atoms with E-state index in [-0.39, 0.29) is 11.8 Å². The van der Waals surface area contributed by atoms with E-state index in [1.54, 1.807) is 18.2 Å². The summed E-state index contributed by atoms with van der Waals surface area (Å²) in [5.41, 5.74) is 1.26. The average Bonchev–Trinajstić information content (AvgIpc) is 2.62. The molecule has 1 aliphatic carbocycles. The minimum atomic E-state index is -0.111. The third-order valence-electron chi connectivity index (χ3n) is 5.45. The van der Waals surface area contributed by atoms with Gasteiger partial charge in [0, 0.05) is 23.8 Å². The van der Waals surface area contributed by atoms with E-state index in [4.69, 9.17) is 0 Å². The summed E-state index contributed by atoms with van der Waals surface area (Å²) in [5.74, 6) is 0.676. The largest absolute Gasteiger partial charge is 0.352 e. The molecule has 25 heavy (non-hydrogen) atoms. The van der Waals surface area contributed by atoms with Crippen LogP contribution < -0.4 is 10.6 Å². The molecule has 2 amide bonds. The van der Waals surface area contributed by atoms with Crippen molar-refractivity contribution >= 4 is 17.5 Å². The first kappa shape index (κ1) is 17.9. The number of fused-ring (bicyclic) bond motifs is 1. The van der Waals surface area contributed by atoms with E-state index in [0.717, 1.165) is 12.5 Å². The van der Waals surface area contributed by atoms with Gasteiger partial charge in [0.1, 0.15) is 0 Å². The minimum absolute atomic E-state index is 0.0132. The molecule has 1 saturated heterocycles. The number of hydrogen-bond acceptors (Lipinski definition) is 3. The van der Waals surface area contributed by atoms with Crippen LogP contribution in [0.3, 0.4) is 0 Å². The Hall–Kier alpha value is -1.88. The number of carbonyl (C=O) groups is 2. The summed E-state index contributed by atoms with van der Waals surface area (Å²) in [6.07, 6.45) is 7.68. The van der Waals surface area contributed by atoms with Crippen molar-refractivity contribution in [1.82, 2.24) is 10.2 Å². The Morgan fingerprint density at radius 2 is 1.96 bits per heavy atom. The number of anilines is 1. The van der Waals surface area contributed by atoms with E-state index in [1.807, 2.05) is 13.0 Å². The van der Waals surface area contributed by atoms with E-state index in [2.05, 4.69) is 15.5 Å². The van der Waals surface area contributed by atoms with Gasteiger partial charge >= 0.3 is 0 Å². The van der Waals surface area contributed by atoms with Gasteiger partial charge in [-0.25, -0.2) is 0 Å². The van der Waals surface area contributed by atoms with Gasteiger partial charge in [0.15, 0.2) is 0 Å². The summed E-state index contributed by atoms with van der Waals surface area (Å²) in [6, 6.07) is 7.72. The lowest BCUT2D eigenvalue weighted by Crippen LogP contribution is -2.49. The van der Waals surface area contributed by atoms with Crippen LogP contribution in [0.15, 0.2) is 24.3 Å². The minimum Gasteiger partial charge on any atom is -0.352 e. The molecule has 1 aromatic rings. The van der Waals surface area contributed by atoms with E-state index in [9.17, 15) is 9.59 Å². The Morgan fingerprint density at radius 3 is 2.80 bits per heavy atom. The first-order valence-electron chi connectivity index (χ1n) is 9.59. The Labute approximate surface area is 150 Å². The molecule has 1 saturated carbocycles. The van der Waals surface area contributed by atoms with E-state index in [0.29, 0.717) is 30.4 Å². The summed E-state index contributed by atoms with van der Waals surface area (Å²) in [6.45, 7) is 3.95. The summed E-state index contributed by atoms with van der Waals surface area (Å²) >= 11 is 0. The SMILES string of the molecule is CCNC(=O)c1cccc(NC(=O)CN2CCC[C@H]3CCCC[C@@H]32)c1. The molecule has 5 nitrogen and oxygen atoms in total. The molecule has 0 radical (unpaired) electrons. The molecule has 2 atom stereocenters. The number of nitrogens with one attached hydrogen (secondary N) is 2. The maximum Gasteiger partial charge on any atom is 0.251 e. The highest BCUT2D eigenvalue weighted by molar-refractivity contribution is 5.97. The molecular weight excluding hydrogens is 314 g/mol. The van der Waals surface area contributed by atoms with Gasteiger partial charge < -0.3 is 10.6 Å². The average molecular weight is 343 g/mol. The fraction of sp³-hybridized carbons (Fsp3) is 0.600. The molecule has 5 heteroatoms. The lowest BCUT2D eigenvalue weighted by molar-refractivity contribution is -0.118. The summed E-state index contributed by atoms with van der Waals surface area (Å²) < 4.78 is 0. The lowest BCUT2D eigenvalue weighted by atomic mass is 9.78. The molecule has 0 bridgehead atoms. The van der Waals surface area contributed by atoms with Crippen LogP contribution in [0.4, 0.5) is 5.69 Å². The first-order chi connectivity index (χ1) is 12.2. The fourth-order valence-electron chi connectivity index (χ4n) is 4.31. The number of piperidine rings is 1. The maximum absolute atomic E-state index is 12.5. The lowest BCUT2D eigenvalue weighted by Gasteiger charge is -2.43. The normalized spacial score (nSPS) is 23.6. The van der Waals surface area contributed by atoms with E-state index in [1.165, 1.54) is 38.5 Å². The van der Waals surface area contributed by atoms with Crippen LogP contribution in [0.1, 0.15) is 55.8 Å². The zero-order chi connectivity index (χ0) is 17.6. The molecule has 2 N–H and O–H groups in total. The number of likely N-dealkylation sites (tertiary alicyclic amines) is 1. The molecule has 0 aromatic heterocycles. The van der Waals surface area contributed by atoms with E-state index >= 15 is 0 Å². The van der Waals surface area contributed by atoms with E-state index < -0.39 is 0 Å². The molecule has 136 valence electrons. The van der Waals surface area contributed by atoms with Crippen molar-refractivity contribution in [2.45, 2.75) is 51.5 Å². The predicted octanol–water partition coefficient (Wildman–Crippen LogP) is 3.03. The number of carbonyl (C=O) groups excluding carboxylic acids is 2. The number of benzene rings is 1. The van der Waals surface area contributed by atoms with Gasteiger partial charge in [-0.05, 0) is 63.3 Å². The van der Waals surface area contributed by atoms with Gasteiger partial charge in [-0.15, -0.1) is 0 Å². The van der Waals surface area contributed by atoms with Gasteiger partial charge in [-0.3, -0.25) is 14.5 Å². The van der Waals surface area contributed by atoms with Crippen LogP contribution in [0.25, 0.3) is 0 Å². The van der Waals surface area contributed by atoms with Crippen molar-refractivity contribution in [3.8, 4) is 0 Å². The highest BCUT2D eigenvalue weighted by Gasteiger charge is 2.33. The fourth-order valence-corrected chi connectivity index (χ4v) is 4.31. The van der Waals surface area contributed by atoms with Crippen LogP contribution in [0.2, 0.25) is 0 Å². The monoisotopic (exact) mass is 343 g/mol. The van der Waals surface area contributed by atoms with Gasteiger partial charge in [-0.2, -0.15) is 0 Å². The second-order valence-electron chi connectivity index (χ2n) is 7.21. The van der Waals surface area contributed by atoms with Crippen LogP contribution in [0.5, 0.6) is 0 Å². The van der Waals surface area contributed by atoms with Crippen molar-refractivity contribution in [1.29, 1.82) is 0 Å². The molecule has 0 unspecified atom stereocenters. The van der Waals surface area contributed by atoms with Crippen molar-refractivity contribution in [3.63, 3.8) is 0 Å². The number of amides is 2. The Balaban J connectivity index is 1.58. The van der Waals surface area contributed by atoms with Gasteiger partial charge in [0.05, 0.1) is 6.54 Å². The highest BCUT2D eigenvalue weighted by Crippen LogP contribution is 2.35. The zero-order valence-corrected chi connectivity index (χ0v) is 15.1. The van der Waals surface area contributed by atoms with Crippen molar-refractivity contribution < 1.29 is 9.59 Å². The predicted molar refractivity (Wildman–Crippen MR) is 99.6 cm³/mol. The summed E-state index contributed by atoms with van der Waals surface area (Å²) in [7, 11) is 0. The third kappa shape index (κ3) is 4.60. The maximum atomic E-state index is 12.5. The number of hydrogen-bond donors (Lipinski definition) is 2. The molecule has 2 aliphatic rings. The molecule has 1 aromatic carbocycles. The molecule has 2 fully saturated rings. The van der Waals surface area contributed by atoms with Crippen LogP contribution in [-0.2, 0) is 4.79 Å². The highest BCUT2D eigenvalue weighted by atomic mass is 16.2. The standard InChI is InChI=1S/C20H29N3O2/c1-2-21-20(25)16-8-5-10-17(13-16)22-19(24)14-23-12-6-9-15-7-3-4-11-18(15)23/h5,8,10,13,15,18H,2-4,6-7,9,11-12,14H2,1H3,(H,21,25)(H,22,24)/t15-,18+/m1/s1. The number of nitrogens with zero attached hydrogens (tertiary/aromatic N) is 1. The van der Waals surface area contributed by atoms with Crippen LogP contribution in [0, 0.1) is 5.92 Å². The Kier molecular flexibility index (Phi) is 6.08. The van der Waals surface area contributed by atoms with Gasteiger partial charge in [0.25, 0.3) is 5.91 Å². The molecule has 1 aliphatic heterocycles. The Bertz CT molecular complexity index is 615. The van der Waals surface area contributed by atoms with Gasteiger partial charge in [0.2, 0.25) is 5.91 Å².